The maximum absolute atomic E-state index is 11.7. The Labute approximate surface area is 105 Å². The highest BCUT2D eigenvalue weighted by atomic mass is 16.1. The van der Waals surface area contributed by atoms with E-state index < -0.39 is 0 Å². The molecule has 0 saturated heterocycles. The maximum Gasteiger partial charge on any atom is 0.253 e. The van der Waals surface area contributed by atoms with Crippen LogP contribution in [0.5, 0.6) is 0 Å². The largest absolute Gasteiger partial charge is 0.370 e. The highest BCUT2D eigenvalue weighted by molar-refractivity contribution is 5.47. The van der Waals surface area contributed by atoms with Crippen molar-refractivity contribution in [1.82, 2.24) is 19.3 Å². The molecule has 96 valence electrons. The van der Waals surface area contributed by atoms with E-state index in [0.29, 0.717) is 6.54 Å². The third-order valence-corrected chi connectivity index (χ3v) is 2.81. The van der Waals surface area contributed by atoms with Crippen LogP contribution >= 0.6 is 0 Å². The first-order chi connectivity index (χ1) is 8.63. The standard InChI is InChI=1S/C12H17N5O/c1-4-14-12-10(9(2)15-16(12)3)7-17-8-13-6-5-11(17)18/h5-6,8,14H,4,7H2,1-3H3. The predicted octanol–water partition coefficient (Wildman–Crippen LogP) is 0.765. The lowest BCUT2D eigenvalue weighted by molar-refractivity contribution is 0.732. The Bertz CT molecular complexity index is 599. The smallest absolute Gasteiger partial charge is 0.253 e. The molecule has 0 aliphatic heterocycles. The van der Waals surface area contributed by atoms with Crippen LogP contribution in [0.15, 0.2) is 23.4 Å². The molecular formula is C12H17N5O. The van der Waals surface area contributed by atoms with E-state index in [-0.39, 0.29) is 5.56 Å². The lowest BCUT2D eigenvalue weighted by Gasteiger charge is -2.09. The Morgan fingerprint density at radius 1 is 1.44 bits per heavy atom. The fourth-order valence-corrected chi connectivity index (χ4v) is 1.95. The summed E-state index contributed by atoms with van der Waals surface area (Å²) < 4.78 is 3.38. The first-order valence-electron chi connectivity index (χ1n) is 5.90. The quantitative estimate of drug-likeness (QED) is 0.866. The van der Waals surface area contributed by atoms with E-state index in [0.717, 1.165) is 23.6 Å². The number of rotatable bonds is 4. The molecule has 1 N–H and O–H groups in total. The third kappa shape index (κ3) is 2.27. The molecule has 0 saturated carbocycles. The summed E-state index contributed by atoms with van der Waals surface area (Å²) in [5.41, 5.74) is 1.88. The van der Waals surface area contributed by atoms with Gasteiger partial charge in [0.05, 0.1) is 18.6 Å². The Hall–Kier alpha value is -2.11. The van der Waals surface area contributed by atoms with Gasteiger partial charge in [-0.05, 0) is 13.8 Å². The van der Waals surface area contributed by atoms with Crippen molar-refractivity contribution in [1.29, 1.82) is 0 Å². The van der Waals surface area contributed by atoms with Crippen molar-refractivity contribution in [3.05, 3.63) is 40.2 Å². The molecular weight excluding hydrogens is 230 g/mol. The molecule has 6 nitrogen and oxygen atoms in total. The zero-order chi connectivity index (χ0) is 13.1. The Kier molecular flexibility index (Phi) is 3.45. The minimum Gasteiger partial charge on any atom is -0.370 e. The molecule has 2 aromatic rings. The molecule has 18 heavy (non-hydrogen) atoms. The SMILES string of the molecule is CCNc1c(Cn2cnccc2=O)c(C)nn1C. The first kappa shape index (κ1) is 12.3. The highest BCUT2D eigenvalue weighted by Crippen LogP contribution is 2.19. The van der Waals surface area contributed by atoms with Crippen LogP contribution in [0.25, 0.3) is 0 Å². The van der Waals surface area contributed by atoms with E-state index >= 15 is 0 Å². The number of aryl methyl sites for hydroxylation is 2. The first-order valence-corrected chi connectivity index (χ1v) is 5.90. The van der Waals surface area contributed by atoms with Gasteiger partial charge in [-0.1, -0.05) is 0 Å². The van der Waals surface area contributed by atoms with Gasteiger partial charge >= 0.3 is 0 Å². The van der Waals surface area contributed by atoms with Crippen LogP contribution in [0.2, 0.25) is 0 Å². The average molecular weight is 247 g/mol. The summed E-state index contributed by atoms with van der Waals surface area (Å²) in [4.78, 5) is 15.7. The fraction of sp³-hybridized carbons (Fsp3) is 0.417. The van der Waals surface area contributed by atoms with Crippen molar-refractivity contribution >= 4 is 5.82 Å². The van der Waals surface area contributed by atoms with Gasteiger partial charge in [-0.3, -0.25) is 14.0 Å². The van der Waals surface area contributed by atoms with Gasteiger partial charge in [0.1, 0.15) is 5.82 Å². The van der Waals surface area contributed by atoms with Gasteiger partial charge in [-0.25, -0.2) is 4.98 Å². The van der Waals surface area contributed by atoms with Gasteiger partial charge < -0.3 is 5.32 Å². The summed E-state index contributed by atoms with van der Waals surface area (Å²) in [7, 11) is 1.89. The fourth-order valence-electron chi connectivity index (χ4n) is 1.95. The van der Waals surface area contributed by atoms with Gasteiger partial charge in [0.2, 0.25) is 0 Å². The van der Waals surface area contributed by atoms with Gasteiger partial charge in [0.25, 0.3) is 5.56 Å². The van der Waals surface area contributed by atoms with Crippen molar-refractivity contribution in [2.24, 2.45) is 7.05 Å². The Balaban J connectivity index is 2.40. The van der Waals surface area contributed by atoms with E-state index in [1.807, 2.05) is 20.9 Å². The summed E-state index contributed by atoms with van der Waals surface area (Å²) in [5, 5.41) is 7.64. The van der Waals surface area contributed by atoms with Crippen LogP contribution in [0.1, 0.15) is 18.2 Å². The van der Waals surface area contributed by atoms with Crippen molar-refractivity contribution in [2.45, 2.75) is 20.4 Å². The molecule has 0 aromatic carbocycles. The lowest BCUT2D eigenvalue weighted by atomic mass is 10.2. The summed E-state index contributed by atoms with van der Waals surface area (Å²) in [5.74, 6) is 0.950. The second kappa shape index (κ2) is 5.03. The summed E-state index contributed by atoms with van der Waals surface area (Å²) in [6.07, 6.45) is 3.05. The monoisotopic (exact) mass is 247 g/mol. The second-order valence-corrected chi connectivity index (χ2v) is 4.11. The summed E-state index contributed by atoms with van der Waals surface area (Å²) in [6.45, 7) is 5.27. The van der Waals surface area contributed by atoms with E-state index in [1.54, 1.807) is 15.6 Å². The molecule has 2 aromatic heterocycles. The van der Waals surface area contributed by atoms with E-state index in [4.69, 9.17) is 0 Å². The molecule has 2 rings (SSSR count). The average Bonchev–Trinajstić information content (AvgIpc) is 2.59. The molecule has 0 atom stereocenters. The van der Waals surface area contributed by atoms with Gasteiger partial charge in [0, 0.05) is 31.4 Å². The van der Waals surface area contributed by atoms with Crippen LogP contribution < -0.4 is 10.9 Å². The van der Waals surface area contributed by atoms with E-state index in [2.05, 4.69) is 15.4 Å². The molecule has 0 radical (unpaired) electrons. The zero-order valence-corrected chi connectivity index (χ0v) is 10.8. The zero-order valence-electron chi connectivity index (χ0n) is 10.8. The Morgan fingerprint density at radius 2 is 2.22 bits per heavy atom. The maximum atomic E-state index is 11.7. The Morgan fingerprint density at radius 3 is 2.89 bits per heavy atom. The molecule has 2 heterocycles. The van der Waals surface area contributed by atoms with Gasteiger partial charge in [0.15, 0.2) is 0 Å². The van der Waals surface area contributed by atoms with Crippen molar-refractivity contribution < 1.29 is 0 Å². The predicted molar refractivity (Wildman–Crippen MR) is 69.7 cm³/mol. The molecule has 0 amide bonds. The van der Waals surface area contributed by atoms with Crippen molar-refractivity contribution in [2.75, 3.05) is 11.9 Å². The number of hydrogen-bond acceptors (Lipinski definition) is 4. The highest BCUT2D eigenvalue weighted by Gasteiger charge is 2.13. The number of anilines is 1. The summed E-state index contributed by atoms with van der Waals surface area (Å²) >= 11 is 0. The van der Waals surface area contributed by atoms with Crippen molar-refractivity contribution in [3.63, 3.8) is 0 Å². The number of nitrogens with zero attached hydrogens (tertiary/aromatic N) is 4. The van der Waals surface area contributed by atoms with Crippen molar-refractivity contribution in [3.8, 4) is 0 Å². The molecule has 0 aliphatic carbocycles. The van der Waals surface area contributed by atoms with Crippen LogP contribution in [-0.2, 0) is 13.6 Å². The normalized spacial score (nSPS) is 10.6. The minimum atomic E-state index is -0.0595. The molecule has 0 bridgehead atoms. The number of aromatic nitrogens is 4. The molecule has 0 fully saturated rings. The van der Waals surface area contributed by atoms with Gasteiger partial charge in [-0.15, -0.1) is 0 Å². The van der Waals surface area contributed by atoms with Crippen LogP contribution in [0.4, 0.5) is 5.82 Å². The molecule has 0 unspecified atom stereocenters. The minimum absolute atomic E-state index is 0.0595. The molecule has 0 spiro atoms. The topological polar surface area (TPSA) is 64.7 Å². The molecule has 6 heteroatoms. The third-order valence-electron chi connectivity index (χ3n) is 2.81. The summed E-state index contributed by atoms with van der Waals surface area (Å²) in [6, 6.07) is 1.46. The van der Waals surface area contributed by atoms with E-state index in [1.165, 1.54) is 12.3 Å². The second-order valence-electron chi connectivity index (χ2n) is 4.11. The van der Waals surface area contributed by atoms with Gasteiger partial charge in [-0.2, -0.15) is 5.10 Å². The van der Waals surface area contributed by atoms with Crippen LogP contribution in [-0.4, -0.2) is 25.9 Å². The molecule has 0 aliphatic rings. The van der Waals surface area contributed by atoms with Crippen LogP contribution in [0.3, 0.4) is 0 Å². The number of nitrogens with one attached hydrogen (secondary N) is 1. The van der Waals surface area contributed by atoms with E-state index in [9.17, 15) is 4.79 Å². The van der Waals surface area contributed by atoms with Crippen LogP contribution in [0, 0.1) is 6.92 Å². The number of hydrogen-bond donors (Lipinski definition) is 1. The lowest BCUT2D eigenvalue weighted by Crippen LogP contribution is -2.20.